The number of para-hydroxylation sites is 3. The topological polar surface area (TPSA) is 48.5 Å². The molecule has 8 aromatic carbocycles. The zero-order valence-electron chi connectivity index (χ0n) is 28.0. The Kier molecular flexibility index (Phi) is 6.18. The minimum absolute atomic E-state index is 0.730. The summed E-state index contributed by atoms with van der Waals surface area (Å²) in [4.78, 5) is 13.8. The molecule has 52 heavy (non-hydrogen) atoms. The molecule has 0 radical (unpaired) electrons. The quantitative estimate of drug-likeness (QED) is 0.176. The Balaban J connectivity index is 1.06. The van der Waals surface area contributed by atoms with E-state index in [-0.39, 0.29) is 0 Å². The van der Waals surface area contributed by atoms with Gasteiger partial charge in [0.15, 0.2) is 5.82 Å². The van der Waals surface area contributed by atoms with E-state index in [1.165, 1.54) is 65.3 Å². The molecule has 0 unspecified atom stereocenters. The van der Waals surface area contributed by atoms with Crippen molar-refractivity contribution in [1.82, 2.24) is 24.1 Å². The lowest BCUT2D eigenvalue weighted by Crippen LogP contribution is -2.00. The number of hydrogen-bond acceptors (Lipinski definition) is 3. The van der Waals surface area contributed by atoms with Gasteiger partial charge in [0.1, 0.15) is 5.69 Å². The van der Waals surface area contributed by atoms with Crippen LogP contribution in [0.4, 0.5) is 0 Å². The third-order valence-corrected chi connectivity index (χ3v) is 10.5. The van der Waals surface area contributed by atoms with Gasteiger partial charge in [0.2, 0.25) is 0 Å². The molecule has 5 nitrogen and oxygen atoms in total. The highest BCUT2D eigenvalue weighted by molar-refractivity contribution is 6.25. The molecular formula is C47H29N5. The summed E-state index contributed by atoms with van der Waals surface area (Å²) >= 11 is 0. The Morgan fingerprint density at radius 3 is 1.62 bits per heavy atom. The largest absolute Gasteiger partial charge is 0.309 e. The van der Waals surface area contributed by atoms with Crippen LogP contribution in [0.3, 0.4) is 0 Å². The van der Waals surface area contributed by atoms with Gasteiger partial charge in [0.25, 0.3) is 0 Å². The average Bonchev–Trinajstić information content (AvgIpc) is 3.77. The Morgan fingerprint density at radius 2 is 0.923 bits per heavy atom. The summed E-state index contributed by atoms with van der Waals surface area (Å²) in [5.74, 6) is 0.765. The Hall–Kier alpha value is -7.11. The highest BCUT2D eigenvalue weighted by Crippen LogP contribution is 2.39. The molecule has 0 saturated heterocycles. The minimum atomic E-state index is 0.730. The van der Waals surface area contributed by atoms with Crippen molar-refractivity contribution in [2.75, 3.05) is 0 Å². The number of benzene rings is 8. The van der Waals surface area contributed by atoms with Gasteiger partial charge in [-0.3, -0.25) is 9.55 Å². The predicted octanol–water partition coefficient (Wildman–Crippen LogP) is 11.7. The van der Waals surface area contributed by atoms with Crippen LogP contribution in [0.2, 0.25) is 0 Å². The molecule has 0 saturated carbocycles. The molecule has 0 bridgehead atoms. The van der Waals surface area contributed by atoms with Crippen molar-refractivity contribution < 1.29 is 0 Å². The van der Waals surface area contributed by atoms with Crippen LogP contribution in [0.5, 0.6) is 0 Å². The van der Waals surface area contributed by atoms with E-state index in [1.807, 2.05) is 18.2 Å². The second-order valence-electron chi connectivity index (χ2n) is 13.3. The molecule has 11 aromatic rings. The van der Waals surface area contributed by atoms with E-state index >= 15 is 0 Å². The average molecular weight is 664 g/mol. The zero-order valence-corrected chi connectivity index (χ0v) is 28.0. The molecule has 0 atom stereocenters. The fourth-order valence-electron chi connectivity index (χ4n) is 8.14. The summed E-state index contributed by atoms with van der Waals surface area (Å²) in [7, 11) is 0. The summed E-state index contributed by atoms with van der Waals surface area (Å²) < 4.78 is 4.53. The number of rotatable bonds is 4. The third kappa shape index (κ3) is 4.26. The Labute approximate surface area is 298 Å². The van der Waals surface area contributed by atoms with Crippen LogP contribution in [0.15, 0.2) is 176 Å². The summed E-state index contributed by atoms with van der Waals surface area (Å²) in [6.45, 7) is 0. The fraction of sp³-hybridized carbons (Fsp3) is 0. The van der Waals surface area contributed by atoms with Gasteiger partial charge in [0.05, 0.1) is 28.3 Å². The first-order valence-electron chi connectivity index (χ1n) is 17.5. The van der Waals surface area contributed by atoms with Gasteiger partial charge in [-0.15, -0.1) is 0 Å². The van der Waals surface area contributed by atoms with Gasteiger partial charge in [-0.2, -0.15) is 0 Å². The van der Waals surface area contributed by atoms with Crippen LogP contribution in [-0.2, 0) is 0 Å². The molecule has 3 aromatic heterocycles. The molecule has 0 aliphatic heterocycles. The Bertz CT molecular complexity index is 3140. The van der Waals surface area contributed by atoms with Crippen molar-refractivity contribution in [3.63, 3.8) is 0 Å². The standard InChI is InChI=1S/C47H29N5/c1-2-11-36-34(9-1)35-10-3-4-12-37(35)40-27-30(17-23-38(36)40)31-18-24-45-41(28-31)39-13-5-7-15-44(39)51(45)32-19-21-33(22-20-32)52-46-16-8-6-14-42(46)50-47(52)43-29-48-25-26-49-43/h1-29H. The van der Waals surface area contributed by atoms with E-state index in [9.17, 15) is 0 Å². The van der Waals surface area contributed by atoms with Gasteiger partial charge >= 0.3 is 0 Å². The number of aromatic nitrogens is 5. The first-order chi connectivity index (χ1) is 25.8. The van der Waals surface area contributed by atoms with Gasteiger partial charge < -0.3 is 4.57 Å². The van der Waals surface area contributed by atoms with Crippen LogP contribution in [0.25, 0.3) is 99.2 Å². The molecular weight excluding hydrogens is 635 g/mol. The normalized spacial score (nSPS) is 11.8. The molecule has 0 N–H and O–H groups in total. The van der Waals surface area contributed by atoms with E-state index in [4.69, 9.17) is 4.98 Å². The third-order valence-electron chi connectivity index (χ3n) is 10.5. The highest BCUT2D eigenvalue weighted by Gasteiger charge is 2.18. The molecule has 242 valence electrons. The molecule has 0 aliphatic carbocycles. The SMILES string of the molecule is c1ccc2c(c1)nc(-c1cnccn1)n2-c1ccc(-n2c3ccccc3c3cc(-c4ccc5c6ccccc6c6ccccc6c5c4)ccc32)cc1. The summed E-state index contributed by atoms with van der Waals surface area (Å²) in [5.41, 5.74) is 9.53. The second-order valence-corrected chi connectivity index (χ2v) is 13.3. The fourth-order valence-corrected chi connectivity index (χ4v) is 8.14. The first kappa shape index (κ1) is 28.7. The van der Waals surface area contributed by atoms with Gasteiger partial charge in [-0.25, -0.2) is 9.97 Å². The number of nitrogens with zero attached hydrogens (tertiary/aromatic N) is 5. The van der Waals surface area contributed by atoms with Gasteiger partial charge in [-0.1, -0.05) is 97.1 Å². The van der Waals surface area contributed by atoms with E-state index in [0.29, 0.717) is 0 Å². The maximum absolute atomic E-state index is 4.95. The smallest absolute Gasteiger partial charge is 0.166 e. The van der Waals surface area contributed by atoms with Gasteiger partial charge in [-0.05, 0) is 104 Å². The first-order valence-corrected chi connectivity index (χ1v) is 17.5. The molecule has 0 fully saturated rings. The van der Waals surface area contributed by atoms with Crippen molar-refractivity contribution in [3.05, 3.63) is 176 Å². The van der Waals surface area contributed by atoms with E-state index in [2.05, 4.69) is 159 Å². The number of hydrogen-bond donors (Lipinski definition) is 0. The molecule has 0 spiro atoms. The van der Waals surface area contributed by atoms with Crippen molar-refractivity contribution in [1.29, 1.82) is 0 Å². The van der Waals surface area contributed by atoms with Crippen LogP contribution in [0.1, 0.15) is 0 Å². The van der Waals surface area contributed by atoms with Gasteiger partial charge in [0, 0.05) is 34.5 Å². The molecule has 0 aliphatic rings. The van der Waals surface area contributed by atoms with E-state index < -0.39 is 0 Å². The Morgan fingerprint density at radius 1 is 0.385 bits per heavy atom. The summed E-state index contributed by atoms with van der Waals surface area (Å²) in [6, 6.07) is 57.0. The number of imidazole rings is 1. The molecule has 3 heterocycles. The number of fused-ring (bicyclic) bond motifs is 10. The van der Waals surface area contributed by atoms with Crippen molar-refractivity contribution >= 4 is 65.2 Å². The maximum atomic E-state index is 4.95. The van der Waals surface area contributed by atoms with Crippen LogP contribution in [0, 0.1) is 0 Å². The van der Waals surface area contributed by atoms with Crippen molar-refractivity contribution in [2.24, 2.45) is 0 Å². The summed E-state index contributed by atoms with van der Waals surface area (Å²) in [6.07, 6.45) is 5.16. The lowest BCUT2D eigenvalue weighted by Gasteiger charge is -2.13. The predicted molar refractivity (Wildman–Crippen MR) is 214 cm³/mol. The maximum Gasteiger partial charge on any atom is 0.166 e. The lowest BCUT2D eigenvalue weighted by molar-refractivity contribution is 1.06. The zero-order chi connectivity index (χ0) is 34.2. The highest BCUT2D eigenvalue weighted by atomic mass is 15.1. The monoisotopic (exact) mass is 663 g/mol. The second kappa shape index (κ2) is 11.2. The minimum Gasteiger partial charge on any atom is -0.309 e. The summed E-state index contributed by atoms with van der Waals surface area (Å²) in [5, 5.41) is 10.2. The van der Waals surface area contributed by atoms with E-state index in [0.717, 1.165) is 33.9 Å². The van der Waals surface area contributed by atoms with Crippen molar-refractivity contribution in [2.45, 2.75) is 0 Å². The van der Waals surface area contributed by atoms with Crippen LogP contribution in [-0.4, -0.2) is 24.1 Å². The van der Waals surface area contributed by atoms with Crippen molar-refractivity contribution in [3.8, 4) is 34.0 Å². The van der Waals surface area contributed by atoms with Crippen LogP contribution >= 0.6 is 0 Å². The molecule has 11 rings (SSSR count). The van der Waals surface area contributed by atoms with Crippen LogP contribution < -0.4 is 0 Å². The molecule has 5 heteroatoms. The molecule has 0 amide bonds. The van der Waals surface area contributed by atoms with E-state index in [1.54, 1.807) is 18.6 Å². The lowest BCUT2D eigenvalue weighted by atomic mass is 9.92.